The Morgan fingerprint density at radius 2 is 1.44 bits per heavy atom. The Kier molecular flexibility index (Phi) is 10.6. The van der Waals surface area contributed by atoms with Crippen LogP contribution in [0.5, 0.6) is 5.75 Å². The molecule has 2 N–H and O–H groups in total. The number of carbonyl (C=O) groups is 1. The number of hydrogen-bond acceptors (Lipinski definition) is 3. The second-order valence-corrected chi connectivity index (χ2v) is 10.1. The summed E-state index contributed by atoms with van der Waals surface area (Å²) in [6.45, 7) is 2.12. The van der Waals surface area contributed by atoms with E-state index in [1.54, 1.807) is 6.07 Å². The van der Waals surface area contributed by atoms with Crippen LogP contribution in [-0.4, -0.2) is 30.5 Å². The molecule has 0 atom stereocenters. The molecule has 4 aromatic rings. The third-order valence-corrected chi connectivity index (χ3v) is 6.98. The van der Waals surface area contributed by atoms with Gasteiger partial charge in [-0.15, -0.1) is 0 Å². The minimum Gasteiger partial charge on any atom is -0.494 e. The van der Waals surface area contributed by atoms with Gasteiger partial charge < -0.3 is 10.5 Å². The summed E-state index contributed by atoms with van der Waals surface area (Å²) in [6.07, 6.45) is -2.81. The van der Waals surface area contributed by atoms with E-state index in [0.29, 0.717) is 51.1 Å². The van der Waals surface area contributed by atoms with Gasteiger partial charge in [-0.3, -0.25) is 9.69 Å². The molecule has 41 heavy (non-hydrogen) atoms. The largest absolute Gasteiger partial charge is 0.494 e. The topological polar surface area (TPSA) is 55.6 Å². The number of ether oxygens (including phenoxy) is 1. The molecule has 7 heteroatoms. The van der Waals surface area contributed by atoms with Gasteiger partial charge in [-0.25, -0.2) is 0 Å². The summed E-state index contributed by atoms with van der Waals surface area (Å²) in [5.41, 5.74) is 8.52. The maximum Gasteiger partial charge on any atom is 0.416 e. The van der Waals surface area contributed by atoms with Crippen LogP contribution < -0.4 is 10.5 Å². The molecule has 0 spiro atoms. The van der Waals surface area contributed by atoms with E-state index >= 15 is 0 Å². The van der Waals surface area contributed by atoms with Crippen molar-refractivity contribution in [1.29, 1.82) is 0 Å². The van der Waals surface area contributed by atoms with Gasteiger partial charge in [0, 0.05) is 32.0 Å². The van der Waals surface area contributed by atoms with Crippen molar-refractivity contribution in [1.82, 2.24) is 4.90 Å². The molecule has 0 saturated carbocycles. The second-order valence-electron chi connectivity index (χ2n) is 10.1. The van der Waals surface area contributed by atoms with Crippen LogP contribution in [0, 0.1) is 0 Å². The predicted octanol–water partition coefficient (Wildman–Crippen LogP) is 7.23. The molecule has 4 aromatic carbocycles. The lowest BCUT2D eigenvalue weighted by Gasteiger charge is -2.29. The summed E-state index contributed by atoms with van der Waals surface area (Å²) >= 11 is 0. The zero-order chi connectivity index (χ0) is 29.1. The fourth-order valence-corrected chi connectivity index (χ4v) is 4.87. The van der Waals surface area contributed by atoms with Crippen molar-refractivity contribution in [2.75, 3.05) is 19.7 Å². The molecular weight excluding hydrogens is 525 g/mol. The Morgan fingerprint density at radius 3 is 2.02 bits per heavy atom. The zero-order valence-electron chi connectivity index (χ0n) is 22.9. The van der Waals surface area contributed by atoms with Crippen molar-refractivity contribution in [3.05, 3.63) is 137 Å². The summed E-state index contributed by atoms with van der Waals surface area (Å²) in [4.78, 5) is 13.2. The third kappa shape index (κ3) is 9.50. The lowest BCUT2D eigenvalue weighted by molar-refractivity contribution is -0.137. The molecule has 0 aliphatic carbocycles. The summed E-state index contributed by atoms with van der Waals surface area (Å²) in [7, 11) is 0. The molecule has 4 nitrogen and oxygen atoms in total. The van der Waals surface area contributed by atoms with Crippen molar-refractivity contribution >= 4 is 5.91 Å². The molecule has 0 radical (unpaired) electrons. The molecule has 0 unspecified atom stereocenters. The zero-order valence-corrected chi connectivity index (χ0v) is 22.9. The number of amides is 1. The average molecular weight is 561 g/mol. The lowest BCUT2D eigenvalue weighted by Crippen LogP contribution is -2.31. The van der Waals surface area contributed by atoms with Gasteiger partial charge in [0.25, 0.3) is 0 Å². The van der Waals surface area contributed by atoms with E-state index in [1.807, 2.05) is 60.7 Å². The molecule has 0 aliphatic rings. The number of nitrogens with two attached hydrogens (primary N) is 1. The van der Waals surface area contributed by atoms with Gasteiger partial charge in [0.2, 0.25) is 5.91 Å². The maximum atomic E-state index is 13.4. The Hall–Kier alpha value is -4.10. The van der Waals surface area contributed by atoms with Crippen LogP contribution in [-0.2, 0) is 23.9 Å². The highest BCUT2D eigenvalue weighted by molar-refractivity contribution is 5.74. The van der Waals surface area contributed by atoms with Crippen LogP contribution in [0.4, 0.5) is 13.2 Å². The Bertz CT molecular complexity index is 1320. The molecule has 1 amide bonds. The molecular formula is C34H35F3N2O2. The van der Waals surface area contributed by atoms with E-state index in [2.05, 4.69) is 29.2 Å². The van der Waals surface area contributed by atoms with E-state index in [9.17, 15) is 18.0 Å². The fraction of sp³-hybridized carbons (Fsp3) is 0.265. The van der Waals surface area contributed by atoms with Crippen LogP contribution >= 0.6 is 0 Å². The number of halogens is 3. The number of primary amides is 1. The summed E-state index contributed by atoms with van der Waals surface area (Å²) in [5, 5.41) is 0. The number of rotatable bonds is 14. The van der Waals surface area contributed by atoms with Crippen LogP contribution in [0.25, 0.3) is 0 Å². The van der Waals surface area contributed by atoms with Crippen LogP contribution in [0.2, 0.25) is 0 Å². The molecule has 0 aliphatic heterocycles. The van der Waals surface area contributed by atoms with Crippen molar-refractivity contribution < 1.29 is 22.7 Å². The highest BCUT2D eigenvalue weighted by atomic mass is 19.4. The number of alkyl halides is 3. The van der Waals surface area contributed by atoms with Crippen molar-refractivity contribution in [3.63, 3.8) is 0 Å². The Labute approximate surface area is 239 Å². The number of hydrogen-bond donors (Lipinski definition) is 1. The first-order valence-corrected chi connectivity index (χ1v) is 13.8. The van der Waals surface area contributed by atoms with Gasteiger partial charge >= 0.3 is 6.18 Å². The highest BCUT2D eigenvalue weighted by Crippen LogP contribution is 2.31. The first-order chi connectivity index (χ1) is 19.8. The lowest BCUT2D eigenvalue weighted by atomic mass is 9.90. The standard InChI is InChI=1S/C34H35F3N2O2/c35-34(36,37)30-14-7-9-27(23-30)24-39(21-8-22-41-31-18-15-26(16-19-31)17-20-33(38)40)25-32(28-10-3-1-4-11-28)29-12-5-2-6-13-29/h1-7,9-16,18-19,23,32H,8,17,20-22,24-25H2,(H2,38,40). The van der Waals surface area contributed by atoms with Gasteiger partial charge in [-0.1, -0.05) is 91.0 Å². The smallest absolute Gasteiger partial charge is 0.416 e. The first kappa shape index (κ1) is 29.9. The van der Waals surface area contributed by atoms with E-state index in [-0.39, 0.29) is 11.8 Å². The number of carbonyl (C=O) groups excluding carboxylic acids is 1. The first-order valence-electron chi connectivity index (χ1n) is 13.8. The number of benzene rings is 4. The molecule has 0 heterocycles. The van der Waals surface area contributed by atoms with Crippen LogP contribution in [0.15, 0.2) is 109 Å². The van der Waals surface area contributed by atoms with Crippen molar-refractivity contribution in [2.24, 2.45) is 5.73 Å². The Morgan fingerprint density at radius 1 is 0.805 bits per heavy atom. The number of aryl methyl sites for hydroxylation is 1. The summed E-state index contributed by atoms with van der Waals surface area (Å²) in [5.74, 6) is 0.447. The van der Waals surface area contributed by atoms with E-state index < -0.39 is 11.7 Å². The Balaban J connectivity index is 1.47. The van der Waals surface area contributed by atoms with Gasteiger partial charge in [0.05, 0.1) is 12.2 Å². The molecule has 0 aromatic heterocycles. The van der Waals surface area contributed by atoms with Gasteiger partial charge in [0.1, 0.15) is 5.75 Å². The third-order valence-electron chi connectivity index (χ3n) is 6.98. The maximum absolute atomic E-state index is 13.4. The van der Waals surface area contributed by atoms with Crippen molar-refractivity contribution in [3.8, 4) is 5.75 Å². The molecule has 4 rings (SSSR count). The fourth-order valence-electron chi connectivity index (χ4n) is 4.87. The monoisotopic (exact) mass is 560 g/mol. The predicted molar refractivity (Wildman–Crippen MR) is 156 cm³/mol. The van der Waals surface area contributed by atoms with Crippen LogP contribution in [0.1, 0.15) is 46.6 Å². The quantitative estimate of drug-likeness (QED) is 0.166. The van der Waals surface area contributed by atoms with Crippen LogP contribution in [0.3, 0.4) is 0 Å². The molecule has 0 bridgehead atoms. The van der Waals surface area contributed by atoms with E-state index in [1.165, 1.54) is 12.1 Å². The van der Waals surface area contributed by atoms with E-state index in [0.717, 1.165) is 28.5 Å². The van der Waals surface area contributed by atoms with Crippen molar-refractivity contribution in [2.45, 2.75) is 37.9 Å². The molecule has 214 valence electrons. The highest BCUT2D eigenvalue weighted by Gasteiger charge is 2.30. The minimum absolute atomic E-state index is 0.0528. The van der Waals surface area contributed by atoms with Gasteiger partial charge in [-0.2, -0.15) is 13.2 Å². The summed E-state index contributed by atoms with van der Waals surface area (Å²) < 4.78 is 46.2. The van der Waals surface area contributed by atoms with Gasteiger partial charge in [-0.05, 0) is 53.3 Å². The normalized spacial score (nSPS) is 11.6. The SMILES string of the molecule is NC(=O)CCc1ccc(OCCCN(Cc2cccc(C(F)(F)F)c2)CC(c2ccccc2)c2ccccc2)cc1. The number of nitrogens with zero attached hydrogens (tertiary/aromatic N) is 1. The summed E-state index contributed by atoms with van der Waals surface area (Å²) in [6, 6.07) is 33.5. The minimum atomic E-state index is -4.39. The van der Waals surface area contributed by atoms with Gasteiger partial charge in [0.15, 0.2) is 0 Å². The molecule has 0 saturated heterocycles. The second kappa shape index (κ2) is 14.5. The van der Waals surface area contributed by atoms with E-state index in [4.69, 9.17) is 10.5 Å². The molecule has 0 fully saturated rings. The average Bonchev–Trinajstić information content (AvgIpc) is 2.98.